The van der Waals surface area contributed by atoms with E-state index in [2.05, 4.69) is 48.5 Å². The predicted octanol–water partition coefficient (Wildman–Crippen LogP) is 7.22. The molecule has 5 saturated carbocycles. The molecule has 5 fully saturated rings. The molecular weight excluding hydrogens is 392 g/mol. The van der Waals surface area contributed by atoms with Crippen LogP contribution in [0.3, 0.4) is 0 Å². The molecule has 2 nitrogen and oxygen atoms in total. The second-order valence-electron chi connectivity index (χ2n) is 14.9. The summed E-state index contributed by atoms with van der Waals surface area (Å²) in [6, 6.07) is 0. The molecule has 0 aromatic heterocycles. The molecule has 2 N–H and O–H groups in total. The van der Waals surface area contributed by atoms with Crippen LogP contribution in [0, 0.1) is 56.7 Å². The molecule has 5 aliphatic carbocycles. The van der Waals surface area contributed by atoms with Gasteiger partial charge in [0.25, 0.3) is 0 Å². The van der Waals surface area contributed by atoms with Crippen LogP contribution in [0.2, 0.25) is 0 Å². The Hall–Kier alpha value is -0.0800. The molecule has 0 aromatic rings. The summed E-state index contributed by atoms with van der Waals surface area (Å²) in [5, 5.41) is 21.3. The molecular formula is C30H52O2. The van der Waals surface area contributed by atoms with Crippen LogP contribution in [0.4, 0.5) is 0 Å². The lowest BCUT2D eigenvalue weighted by atomic mass is 9.41. The Kier molecular flexibility index (Phi) is 5.34. The zero-order valence-corrected chi connectivity index (χ0v) is 22.2. The molecule has 184 valence electrons. The van der Waals surface area contributed by atoms with Gasteiger partial charge < -0.3 is 10.2 Å². The highest BCUT2D eigenvalue weighted by atomic mass is 16.3. The Labute approximate surface area is 198 Å². The second kappa shape index (κ2) is 7.22. The molecule has 32 heavy (non-hydrogen) atoms. The number of hydrogen-bond acceptors (Lipinski definition) is 2. The average molecular weight is 445 g/mol. The monoisotopic (exact) mass is 444 g/mol. The van der Waals surface area contributed by atoms with Crippen LogP contribution in [0.1, 0.15) is 119 Å². The van der Waals surface area contributed by atoms with E-state index < -0.39 is 0 Å². The van der Waals surface area contributed by atoms with Gasteiger partial charge in [0.1, 0.15) is 0 Å². The van der Waals surface area contributed by atoms with Gasteiger partial charge in [0.05, 0.1) is 12.2 Å². The van der Waals surface area contributed by atoms with Crippen molar-refractivity contribution in [3.63, 3.8) is 0 Å². The lowest BCUT2D eigenvalue weighted by Gasteiger charge is -2.63. The van der Waals surface area contributed by atoms with Crippen LogP contribution in [-0.4, -0.2) is 22.4 Å². The van der Waals surface area contributed by atoms with E-state index in [0.29, 0.717) is 27.6 Å². The minimum absolute atomic E-state index is 0.0956. The summed E-state index contributed by atoms with van der Waals surface area (Å²) in [6.07, 6.45) is 14.1. The van der Waals surface area contributed by atoms with Crippen LogP contribution < -0.4 is 0 Å². The van der Waals surface area contributed by atoms with E-state index in [0.717, 1.165) is 36.5 Å². The fraction of sp³-hybridized carbons (Fsp3) is 1.00. The average Bonchev–Trinajstić information content (AvgIpc) is 3.31. The van der Waals surface area contributed by atoms with Crippen molar-refractivity contribution < 1.29 is 10.2 Å². The van der Waals surface area contributed by atoms with E-state index in [-0.39, 0.29) is 17.6 Å². The standard InChI is InChI=1S/C30H52O2/c1-19(2)22(31)9-8-20(3)21-12-14-28(7)24-11-10-23-26(4,5)25(32)13-15-29(23)18-30(24,29)17-16-27(21,28)6/h19-25,31-32H,8-18H2,1-7H3. The van der Waals surface area contributed by atoms with E-state index in [9.17, 15) is 10.2 Å². The number of aliphatic hydroxyl groups is 2. The normalized spacial score (nSPS) is 53.1. The quantitative estimate of drug-likeness (QED) is 0.470. The molecule has 0 radical (unpaired) electrons. The summed E-state index contributed by atoms with van der Waals surface area (Å²) < 4.78 is 0. The third kappa shape index (κ3) is 2.78. The van der Waals surface area contributed by atoms with Gasteiger partial charge in [-0.2, -0.15) is 0 Å². The van der Waals surface area contributed by atoms with Crippen molar-refractivity contribution in [1.82, 2.24) is 0 Å². The smallest absolute Gasteiger partial charge is 0.0594 e. The molecule has 0 amide bonds. The van der Waals surface area contributed by atoms with Gasteiger partial charge in [-0.25, -0.2) is 0 Å². The summed E-state index contributed by atoms with van der Waals surface area (Å²) >= 11 is 0. The topological polar surface area (TPSA) is 40.5 Å². The van der Waals surface area contributed by atoms with E-state index in [1.54, 1.807) is 0 Å². The molecule has 0 heterocycles. The number of aliphatic hydroxyl groups excluding tert-OH is 2. The number of hydrogen-bond donors (Lipinski definition) is 2. The first-order valence-electron chi connectivity index (χ1n) is 14.2. The zero-order valence-electron chi connectivity index (χ0n) is 22.2. The Morgan fingerprint density at radius 3 is 2.09 bits per heavy atom. The maximum absolute atomic E-state index is 10.8. The minimum atomic E-state index is -0.140. The SMILES string of the molecule is CC(C)C(O)CCC(C)C1CCC2(C)C3CCC4C(C)(C)C(O)CCC45CC35CCC12C. The maximum atomic E-state index is 10.8. The van der Waals surface area contributed by atoms with Gasteiger partial charge in [0.15, 0.2) is 0 Å². The van der Waals surface area contributed by atoms with Gasteiger partial charge in [0.2, 0.25) is 0 Å². The fourth-order valence-electron chi connectivity index (χ4n) is 11.3. The van der Waals surface area contributed by atoms with Crippen LogP contribution >= 0.6 is 0 Å². The highest BCUT2D eigenvalue weighted by molar-refractivity contribution is 5.30. The molecule has 0 bridgehead atoms. The fourth-order valence-corrected chi connectivity index (χ4v) is 11.3. The van der Waals surface area contributed by atoms with Crippen molar-refractivity contribution in [2.24, 2.45) is 56.7 Å². The number of fused-ring (bicyclic) bond motifs is 2. The highest BCUT2D eigenvalue weighted by Crippen LogP contribution is 2.89. The molecule has 10 atom stereocenters. The van der Waals surface area contributed by atoms with Gasteiger partial charge in [-0.3, -0.25) is 0 Å². The molecule has 2 heteroatoms. The van der Waals surface area contributed by atoms with Crippen molar-refractivity contribution >= 4 is 0 Å². The van der Waals surface area contributed by atoms with E-state index in [1.165, 1.54) is 57.8 Å². The second-order valence-corrected chi connectivity index (χ2v) is 14.9. The Morgan fingerprint density at radius 2 is 1.41 bits per heavy atom. The Balaban J connectivity index is 1.38. The van der Waals surface area contributed by atoms with Crippen molar-refractivity contribution in [1.29, 1.82) is 0 Å². The lowest BCUT2D eigenvalue weighted by Crippen LogP contribution is -2.57. The Bertz CT molecular complexity index is 743. The summed E-state index contributed by atoms with van der Waals surface area (Å²) in [4.78, 5) is 0. The number of rotatable bonds is 5. The van der Waals surface area contributed by atoms with Crippen LogP contribution in [0.5, 0.6) is 0 Å². The molecule has 0 aromatic carbocycles. The van der Waals surface area contributed by atoms with Crippen molar-refractivity contribution in [2.75, 3.05) is 0 Å². The zero-order chi connectivity index (χ0) is 23.3. The maximum Gasteiger partial charge on any atom is 0.0594 e. The first-order chi connectivity index (χ1) is 14.9. The molecule has 0 saturated heterocycles. The summed E-state index contributed by atoms with van der Waals surface area (Å²) in [5.41, 5.74) is 2.18. The van der Waals surface area contributed by atoms with Gasteiger partial charge >= 0.3 is 0 Å². The van der Waals surface area contributed by atoms with E-state index in [4.69, 9.17) is 0 Å². The highest BCUT2D eigenvalue weighted by Gasteiger charge is 2.82. The third-order valence-corrected chi connectivity index (χ3v) is 13.5. The molecule has 5 rings (SSSR count). The summed E-state index contributed by atoms with van der Waals surface area (Å²) in [7, 11) is 0. The molecule has 2 spiro atoms. The molecule has 0 aliphatic heterocycles. The predicted molar refractivity (Wildman–Crippen MR) is 132 cm³/mol. The van der Waals surface area contributed by atoms with Gasteiger partial charge in [-0.1, -0.05) is 48.5 Å². The minimum Gasteiger partial charge on any atom is -0.393 e. The molecule has 10 unspecified atom stereocenters. The van der Waals surface area contributed by atoms with Crippen LogP contribution in [0.25, 0.3) is 0 Å². The van der Waals surface area contributed by atoms with Crippen LogP contribution in [0.15, 0.2) is 0 Å². The first-order valence-corrected chi connectivity index (χ1v) is 14.2. The van der Waals surface area contributed by atoms with E-state index >= 15 is 0 Å². The van der Waals surface area contributed by atoms with Crippen molar-refractivity contribution in [3.05, 3.63) is 0 Å². The largest absolute Gasteiger partial charge is 0.393 e. The van der Waals surface area contributed by atoms with Gasteiger partial charge in [0, 0.05) is 0 Å². The third-order valence-electron chi connectivity index (χ3n) is 13.5. The molecule has 5 aliphatic rings. The lowest BCUT2D eigenvalue weighted by molar-refractivity contribution is -0.161. The van der Waals surface area contributed by atoms with Crippen molar-refractivity contribution in [3.8, 4) is 0 Å². The van der Waals surface area contributed by atoms with E-state index in [1.807, 2.05) is 0 Å². The summed E-state index contributed by atoms with van der Waals surface area (Å²) in [6.45, 7) is 17.0. The Morgan fingerprint density at radius 1 is 0.750 bits per heavy atom. The first kappa shape index (κ1) is 23.7. The summed E-state index contributed by atoms with van der Waals surface area (Å²) in [5.74, 6) is 3.55. The van der Waals surface area contributed by atoms with Crippen LogP contribution in [-0.2, 0) is 0 Å². The van der Waals surface area contributed by atoms with Gasteiger partial charge in [-0.15, -0.1) is 0 Å². The van der Waals surface area contributed by atoms with Crippen molar-refractivity contribution in [2.45, 2.75) is 131 Å². The van der Waals surface area contributed by atoms with Gasteiger partial charge in [-0.05, 0) is 127 Å².